The van der Waals surface area contributed by atoms with Crippen molar-refractivity contribution in [1.82, 2.24) is 10.6 Å². The van der Waals surface area contributed by atoms with Gasteiger partial charge in [0.15, 0.2) is 5.96 Å². The average molecular weight is 419 g/mol. The Hall–Kier alpha value is -0.980. The normalized spacial score (nSPS) is 12.6. The van der Waals surface area contributed by atoms with E-state index in [-0.39, 0.29) is 24.0 Å². The summed E-state index contributed by atoms with van der Waals surface area (Å²) in [5, 5.41) is 6.75. The number of hydrogen-bond acceptors (Lipinski definition) is 2. The second kappa shape index (κ2) is 10.7. The van der Waals surface area contributed by atoms with Crippen molar-refractivity contribution in [3.8, 4) is 5.75 Å². The summed E-state index contributed by atoms with van der Waals surface area (Å²) in [4.78, 5) is 4.26. The molecule has 0 spiro atoms. The van der Waals surface area contributed by atoms with Gasteiger partial charge in [-0.3, -0.25) is 4.99 Å². The Bertz CT molecular complexity index is 475. The lowest BCUT2D eigenvalue weighted by molar-refractivity contribution is 0.411. The lowest BCUT2D eigenvalue weighted by Crippen LogP contribution is -2.44. The fourth-order valence-corrected chi connectivity index (χ4v) is 1.92. The molecule has 0 saturated heterocycles. The molecule has 1 unspecified atom stereocenters. The topological polar surface area (TPSA) is 45.7 Å². The molecule has 2 N–H and O–H groups in total. The first-order valence-electron chi connectivity index (χ1n) is 7.58. The van der Waals surface area contributed by atoms with E-state index in [9.17, 15) is 0 Å². The maximum Gasteiger partial charge on any atom is 0.191 e. The van der Waals surface area contributed by atoms with Crippen LogP contribution < -0.4 is 15.4 Å². The van der Waals surface area contributed by atoms with Crippen molar-refractivity contribution in [2.75, 3.05) is 20.7 Å². The molecule has 1 atom stereocenters. The molecule has 0 aliphatic heterocycles. The Morgan fingerprint density at radius 3 is 2.50 bits per heavy atom. The number of aliphatic imine (C=N–C) groups is 1. The first kappa shape index (κ1) is 21.0. The van der Waals surface area contributed by atoms with Crippen LogP contribution in [-0.4, -0.2) is 32.7 Å². The van der Waals surface area contributed by atoms with Gasteiger partial charge in [0.25, 0.3) is 0 Å². The number of aryl methyl sites for hydroxylation is 1. The minimum Gasteiger partial charge on any atom is -0.496 e. The van der Waals surface area contributed by atoms with Crippen LogP contribution in [0.2, 0.25) is 0 Å². The molecule has 0 radical (unpaired) electrons. The van der Waals surface area contributed by atoms with E-state index in [0.717, 1.165) is 30.2 Å². The molecular weight excluding hydrogens is 389 g/mol. The van der Waals surface area contributed by atoms with Crippen LogP contribution in [0.4, 0.5) is 0 Å². The monoisotopic (exact) mass is 419 g/mol. The standard InChI is InChI=1S/C17H29N3O.HI/c1-12(2)14(4)20-17(18-5)19-10-9-15-8-7-13(3)16(11-15)21-6;/h7-8,11-12,14H,9-10H2,1-6H3,(H2,18,19,20);1H. The summed E-state index contributed by atoms with van der Waals surface area (Å²) in [5.41, 5.74) is 2.43. The van der Waals surface area contributed by atoms with E-state index in [1.165, 1.54) is 5.56 Å². The fourth-order valence-electron chi connectivity index (χ4n) is 1.92. The van der Waals surface area contributed by atoms with Gasteiger partial charge >= 0.3 is 0 Å². The van der Waals surface area contributed by atoms with Crippen molar-refractivity contribution in [2.45, 2.75) is 40.2 Å². The van der Waals surface area contributed by atoms with Crippen molar-refractivity contribution in [3.63, 3.8) is 0 Å². The number of guanidine groups is 1. The van der Waals surface area contributed by atoms with Crippen molar-refractivity contribution in [3.05, 3.63) is 29.3 Å². The molecule has 0 amide bonds. The number of benzene rings is 1. The Kier molecular flexibility index (Phi) is 10.2. The maximum absolute atomic E-state index is 5.36. The second-order valence-electron chi connectivity index (χ2n) is 5.73. The van der Waals surface area contributed by atoms with Gasteiger partial charge in [-0.05, 0) is 43.4 Å². The Balaban J connectivity index is 0.00000441. The highest BCUT2D eigenvalue weighted by molar-refractivity contribution is 14.0. The van der Waals surface area contributed by atoms with Crippen molar-refractivity contribution < 1.29 is 4.74 Å². The fraction of sp³-hybridized carbons (Fsp3) is 0.588. The molecule has 22 heavy (non-hydrogen) atoms. The zero-order valence-electron chi connectivity index (χ0n) is 14.6. The molecule has 1 rings (SSSR count). The molecule has 0 heterocycles. The zero-order valence-corrected chi connectivity index (χ0v) is 16.9. The predicted octanol–water partition coefficient (Wildman–Crippen LogP) is 3.37. The molecule has 5 heteroatoms. The van der Waals surface area contributed by atoms with E-state index in [1.807, 2.05) is 0 Å². The van der Waals surface area contributed by atoms with Gasteiger partial charge in [-0.1, -0.05) is 26.0 Å². The maximum atomic E-state index is 5.36. The van der Waals surface area contributed by atoms with Crippen LogP contribution >= 0.6 is 24.0 Å². The van der Waals surface area contributed by atoms with Crippen molar-refractivity contribution in [1.29, 1.82) is 0 Å². The van der Waals surface area contributed by atoms with Crippen LogP contribution in [0.3, 0.4) is 0 Å². The van der Waals surface area contributed by atoms with E-state index in [0.29, 0.717) is 12.0 Å². The number of halogens is 1. The highest BCUT2D eigenvalue weighted by Crippen LogP contribution is 2.18. The van der Waals surface area contributed by atoms with Gasteiger partial charge in [0, 0.05) is 19.6 Å². The van der Waals surface area contributed by atoms with Crippen LogP contribution in [0.25, 0.3) is 0 Å². The molecule has 126 valence electrons. The summed E-state index contributed by atoms with van der Waals surface area (Å²) in [5.74, 6) is 2.38. The van der Waals surface area contributed by atoms with E-state index in [2.05, 4.69) is 61.5 Å². The van der Waals surface area contributed by atoms with Gasteiger partial charge in [-0.15, -0.1) is 24.0 Å². The third kappa shape index (κ3) is 6.85. The molecule has 0 bridgehead atoms. The van der Waals surface area contributed by atoms with Gasteiger partial charge in [0.1, 0.15) is 5.75 Å². The van der Waals surface area contributed by atoms with Gasteiger partial charge in [-0.25, -0.2) is 0 Å². The predicted molar refractivity (Wildman–Crippen MR) is 106 cm³/mol. The van der Waals surface area contributed by atoms with E-state index in [4.69, 9.17) is 4.74 Å². The quantitative estimate of drug-likeness (QED) is 0.422. The zero-order chi connectivity index (χ0) is 15.8. The Morgan fingerprint density at radius 2 is 1.95 bits per heavy atom. The minimum absolute atomic E-state index is 0. The molecule has 1 aromatic carbocycles. The SMILES string of the molecule is CN=C(NCCc1ccc(C)c(OC)c1)NC(C)C(C)C.I. The summed E-state index contributed by atoms with van der Waals surface area (Å²) in [6, 6.07) is 6.74. The van der Waals surface area contributed by atoms with Gasteiger partial charge in [0.2, 0.25) is 0 Å². The Morgan fingerprint density at radius 1 is 1.27 bits per heavy atom. The molecule has 0 saturated carbocycles. The number of rotatable bonds is 6. The number of nitrogens with one attached hydrogen (secondary N) is 2. The Labute approximate surface area is 152 Å². The molecule has 4 nitrogen and oxygen atoms in total. The summed E-state index contributed by atoms with van der Waals surface area (Å²) in [7, 11) is 3.51. The largest absolute Gasteiger partial charge is 0.496 e. The summed E-state index contributed by atoms with van der Waals surface area (Å²) < 4.78 is 5.36. The highest BCUT2D eigenvalue weighted by Gasteiger charge is 2.08. The van der Waals surface area contributed by atoms with Gasteiger partial charge < -0.3 is 15.4 Å². The second-order valence-corrected chi connectivity index (χ2v) is 5.73. The lowest BCUT2D eigenvalue weighted by Gasteiger charge is -2.20. The summed E-state index contributed by atoms with van der Waals surface area (Å²) >= 11 is 0. The minimum atomic E-state index is 0. The first-order valence-corrected chi connectivity index (χ1v) is 7.58. The number of ether oxygens (including phenoxy) is 1. The molecule has 0 aromatic heterocycles. The molecule has 0 aliphatic rings. The first-order chi connectivity index (χ1) is 9.97. The smallest absolute Gasteiger partial charge is 0.191 e. The van der Waals surface area contributed by atoms with Crippen molar-refractivity contribution in [2.24, 2.45) is 10.9 Å². The summed E-state index contributed by atoms with van der Waals surface area (Å²) in [6.45, 7) is 9.46. The third-order valence-corrected chi connectivity index (χ3v) is 3.77. The molecular formula is C17H30IN3O. The van der Waals surface area contributed by atoms with Gasteiger partial charge in [0.05, 0.1) is 7.11 Å². The lowest BCUT2D eigenvalue weighted by atomic mass is 10.1. The van der Waals surface area contributed by atoms with Crippen LogP contribution in [0.15, 0.2) is 23.2 Å². The van der Waals surface area contributed by atoms with Crippen LogP contribution in [0.1, 0.15) is 31.9 Å². The van der Waals surface area contributed by atoms with Crippen LogP contribution in [0.5, 0.6) is 5.75 Å². The van der Waals surface area contributed by atoms with Crippen molar-refractivity contribution >= 4 is 29.9 Å². The highest BCUT2D eigenvalue weighted by atomic mass is 127. The van der Waals surface area contributed by atoms with Crippen LogP contribution in [-0.2, 0) is 6.42 Å². The third-order valence-electron chi connectivity index (χ3n) is 3.77. The number of nitrogens with zero attached hydrogens (tertiary/aromatic N) is 1. The summed E-state index contributed by atoms with van der Waals surface area (Å²) in [6.07, 6.45) is 0.938. The van der Waals surface area contributed by atoms with Gasteiger partial charge in [-0.2, -0.15) is 0 Å². The molecule has 0 aliphatic carbocycles. The molecule has 0 fully saturated rings. The van der Waals surface area contributed by atoms with E-state index < -0.39 is 0 Å². The number of hydrogen-bond donors (Lipinski definition) is 2. The average Bonchev–Trinajstić information content (AvgIpc) is 2.47. The van der Waals surface area contributed by atoms with Crippen LogP contribution in [0, 0.1) is 12.8 Å². The van der Waals surface area contributed by atoms with E-state index in [1.54, 1.807) is 14.2 Å². The number of methoxy groups -OCH3 is 1. The molecule has 1 aromatic rings. The van der Waals surface area contributed by atoms with E-state index >= 15 is 0 Å².